The summed E-state index contributed by atoms with van der Waals surface area (Å²) in [5.41, 5.74) is 2.90. The van der Waals surface area contributed by atoms with Gasteiger partial charge in [-0.05, 0) is 49.9 Å². The van der Waals surface area contributed by atoms with E-state index in [1.165, 1.54) is 0 Å². The van der Waals surface area contributed by atoms with Crippen molar-refractivity contribution in [1.82, 2.24) is 20.4 Å². The van der Waals surface area contributed by atoms with Crippen LogP contribution in [0.1, 0.15) is 36.3 Å². The SMILES string of the molecule is COc1ccccc1-c1ccc(C[C@@]2(C(=O)NC(C)C)CCN(C(=O)c3ccn[nH]3)C2)cc1. The van der Waals surface area contributed by atoms with Crippen LogP contribution in [0.15, 0.2) is 60.8 Å². The molecule has 2 heterocycles. The van der Waals surface area contributed by atoms with E-state index in [0.29, 0.717) is 31.6 Å². The summed E-state index contributed by atoms with van der Waals surface area (Å²) in [5, 5.41) is 9.69. The molecule has 2 aromatic carbocycles. The highest BCUT2D eigenvalue weighted by atomic mass is 16.5. The maximum Gasteiger partial charge on any atom is 0.271 e. The third-order valence-electron chi connectivity index (χ3n) is 6.19. The summed E-state index contributed by atoms with van der Waals surface area (Å²) in [7, 11) is 1.67. The van der Waals surface area contributed by atoms with E-state index in [1.807, 2.05) is 38.1 Å². The lowest BCUT2D eigenvalue weighted by Gasteiger charge is -2.29. The van der Waals surface area contributed by atoms with Gasteiger partial charge in [-0.15, -0.1) is 0 Å². The number of benzene rings is 2. The minimum atomic E-state index is -0.675. The van der Waals surface area contributed by atoms with Crippen LogP contribution >= 0.6 is 0 Å². The molecule has 0 spiro atoms. The fourth-order valence-corrected chi connectivity index (χ4v) is 4.49. The van der Waals surface area contributed by atoms with E-state index in [1.54, 1.807) is 24.3 Å². The second kappa shape index (κ2) is 9.48. The molecule has 1 fully saturated rings. The summed E-state index contributed by atoms with van der Waals surface area (Å²) in [6.07, 6.45) is 2.73. The predicted molar refractivity (Wildman–Crippen MR) is 127 cm³/mol. The van der Waals surface area contributed by atoms with Gasteiger partial charge in [0.25, 0.3) is 5.91 Å². The average molecular weight is 447 g/mol. The van der Waals surface area contributed by atoms with E-state index in [9.17, 15) is 9.59 Å². The summed E-state index contributed by atoms with van der Waals surface area (Å²) in [6.45, 7) is 4.81. The van der Waals surface area contributed by atoms with Gasteiger partial charge >= 0.3 is 0 Å². The molecule has 7 nitrogen and oxygen atoms in total. The molecule has 2 N–H and O–H groups in total. The molecular formula is C26H30N4O3. The number of aromatic amines is 1. The monoisotopic (exact) mass is 446 g/mol. The lowest BCUT2D eigenvalue weighted by atomic mass is 9.79. The Hall–Kier alpha value is -3.61. The molecule has 0 saturated carbocycles. The third kappa shape index (κ3) is 4.77. The van der Waals surface area contributed by atoms with Gasteiger partial charge in [-0.2, -0.15) is 5.10 Å². The fourth-order valence-electron chi connectivity index (χ4n) is 4.49. The van der Waals surface area contributed by atoms with Gasteiger partial charge in [0, 0.05) is 30.9 Å². The number of H-pyrrole nitrogens is 1. The van der Waals surface area contributed by atoms with Gasteiger partial charge in [0.15, 0.2) is 0 Å². The van der Waals surface area contributed by atoms with Gasteiger partial charge in [-0.1, -0.05) is 42.5 Å². The molecule has 0 unspecified atom stereocenters. The number of rotatable bonds is 7. The molecule has 1 aliphatic heterocycles. The van der Waals surface area contributed by atoms with Crippen molar-refractivity contribution < 1.29 is 14.3 Å². The normalized spacial score (nSPS) is 17.9. The smallest absolute Gasteiger partial charge is 0.271 e. The summed E-state index contributed by atoms with van der Waals surface area (Å²) >= 11 is 0. The number of hydrogen-bond donors (Lipinski definition) is 2. The maximum absolute atomic E-state index is 13.3. The molecule has 0 bridgehead atoms. The van der Waals surface area contributed by atoms with Crippen LogP contribution in [0.3, 0.4) is 0 Å². The Morgan fingerprint density at radius 2 is 1.91 bits per heavy atom. The third-order valence-corrected chi connectivity index (χ3v) is 6.19. The van der Waals surface area contributed by atoms with Crippen LogP contribution in [-0.2, 0) is 11.2 Å². The lowest BCUT2D eigenvalue weighted by molar-refractivity contribution is -0.130. The Kier molecular flexibility index (Phi) is 6.49. The summed E-state index contributed by atoms with van der Waals surface area (Å²) in [6, 6.07) is 17.8. The molecule has 2 amide bonds. The molecule has 1 aliphatic rings. The fraction of sp³-hybridized carbons (Fsp3) is 0.346. The number of likely N-dealkylation sites (tertiary alicyclic amines) is 1. The number of carbonyl (C=O) groups is 2. The summed E-state index contributed by atoms with van der Waals surface area (Å²) < 4.78 is 5.49. The number of amides is 2. The highest BCUT2D eigenvalue weighted by molar-refractivity contribution is 5.93. The highest BCUT2D eigenvalue weighted by Gasteiger charge is 2.46. The zero-order valence-electron chi connectivity index (χ0n) is 19.3. The second-order valence-electron chi connectivity index (χ2n) is 8.93. The predicted octanol–water partition coefficient (Wildman–Crippen LogP) is 3.68. The molecule has 3 aromatic rings. The van der Waals surface area contributed by atoms with Crippen molar-refractivity contribution in [3.8, 4) is 16.9 Å². The van der Waals surface area contributed by atoms with E-state index < -0.39 is 5.41 Å². The van der Waals surface area contributed by atoms with Crippen molar-refractivity contribution in [2.75, 3.05) is 20.2 Å². The Balaban J connectivity index is 1.57. The first-order valence-electron chi connectivity index (χ1n) is 11.2. The topological polar surface area (TPSA) is 87.3 Å². The van der Waals surface area contributed by atoms with Crippen LogP contribution in [0.2, 0.25) is 0 Å². The van der Waals surface area contributed by atoms with Crippen molar-refractivity contribution in [3.05, 3.63) is 72.1 Å². The molecule has 33 heavy (non-hydrogen) atoms. The maximum atomic E-state index is 13.3. The van der Waals surface area contributed by atoms with Gasteiger partial charge in [0.1, 0.15) is 11.4 Å². The van der Waals surface area contributed by atoms with Crippen molar-refractivity contribution in [3.63, 3.8) is 0 Å². The van der Waals surface area contributed by atoms with Gasteiger partial charge < -0.3 is 15.0 Å². The molecule has 1 aromatic heterocycles. The molecule has 4 rings (SSSR count). The first-order valence-corrected chi connectivity index (χ1v) is 11.2. The number of ether oxygens (including phenoxy) is 1. The molecule has 0 radical (unpaired) electrons. The van der Waals surface area contributed by atoms with Crippen LogP contribution in [-0.4, -0.2) is 53.2 Å². The Bertz CT molecular complexity index is 1110. The minimum Gasteiger partial charge on any atom is -0.496 e. The average Bonchev–Trinajstić information content (AvgIpc) is 3.50. The standard InChI is InChI=1S/C26H30N4O3/c1-18(2)28-25(32)26(13-15-30(17-26)24(31)22-12-14-27-29-22)16-19-8-10-20(11-9-19)21-6-4-5-7-23(21)33-3/h4-12,14,18H,13,15-17H2,1-3H3,(H,27,29)(H,28,32)/t26-/m0/s1. The number of aromatic nitrogens is 2. The number of para-hydroxylation sites is 1. The molecule has 7 heteroatoms. The molecular weight excluding hydrogens is 416 g/mol. The van der Waals surface area contributed by atoms with E-state index in [2.05, 4.69) is 39.8 Å². The number of hydrogen-bond acceptors (Lipinski definition) is 4. The van der Waals surface area contributed by atoms with Crippen LogP contribution in [0, 0.1) is 5.41 Å². The van der Waals surface area contributed by atoms with Crippen molar-refractivity contribution in [1.29, 1.82) is 0 Å². The summed E-state index contributed by atoms with van der Waals surface area (Å²) in [4.78, 5) is 27.9. The zero-order valence-corrected chi connectivity index (χ0v) is 19.3. The molecule has 1 saturated heterocycles. The van der Waals surface area contributed by atoms with Crippen LogP contribution in [0.25, 0.3) is 11.1 Å². The van der Waals surface area contributed by atoms with Crippen molar-refractivity contribution >= 4 is 11.8 Å². The van der Waals surface area contributed by atoms with Crippen LogP contribution in [0.4, 0.5) is 0 Å². The quantitative estimate of drug-likeness (QED) is 0.580. The molecule has 0 aliphatic carbocycles. The number of nitrogens with one attached hydrogen (secondary N) is 2. The minimum absolute atomic E-state index is 0.00813. The van der Waals surface area contributed by atoms with Crippen molar-refractivity contribution in [2.24, 2.45) is 5.41 Å². The van der Waals surface area contributed by atoms with Crippen LogP contribution < -0.4 is 10.1 Å². The summed E-state index contributed by atoms with van der Waals surface area (Å²) in [5.74, 6) is 0.686. The highest BCUT2D eigenvalue weighted by Crippen LogP contribution is 2.36. The lowest BCUT2D eigenvalue weighted by Crippen LogP contribution is -2.47. The van der Waals surface area contributed by atoms with Crippen LogP contribution in [0.5, 0.6) is 5.75 Å². The first-order chi connectivity index (χ1) is 15.9. The van der Waals surface area contributed by atoms with Crippen molar-refractivity contribution in [2.45, 2.75) is 32.7 Å². The van der Waals surface area contributed by atoms with E-state index in [-0.39, 0.29) is 17.9 Å². The zero-order chi connectivity index (χ0) is 23.4. The second-order valence-corrected chi connectivity index (χ2v) is 8.93. The molecule has 1 atom stereocenters. The van der Waals surface area contributed by atoms with E-state index >= 15 is 0 Å². The Morgan fingerprint density at radius 1 is 1.15 bits per heavy atom. The van der Waals surface area contributed by atoms with Gasteiger partial charge in [-0.25, -0.2) is 0 Å². The Morgan fingerprint density at radius 3 is 2.58 bits per heavy atom. The van der Waals surface area contributed by atoms with Gasteiger partial charge in [0.05, 0.1) is 12.5 Å². The number of methoxy groups -OCH3 is 1. The Labute approximate surface area is 194 Å². The first kappa shape index (κ1) is 22.6. The van der Waals surface area contributed by atoms with Gasteiger partial charge in [-0.3, -0.25) is 14.7 Å². The number of nitrogens with zero attached hydrogens (tertiary/aromatic N) is 2. The van der Waals surface area contributed by atoms with E-state index in [4.69, 9.17) is 4.74 Å². The van der Waals surface area contributed by atoms with Gasteiger partial charge in [0.2, 0.25) is 5.91 Å². The number of carbonyl (C=O) groups excluding carboxylic acids is 2. The largest absolute Gasteiger partial charge is 0.496 e. The molecule has 172 valence electrons. The van der Waals surface area contributed by atoms with E-state index in [0.717, 1.165) is 22.4 Å².